The van der Waals surface area contributed by atoms with Crippen LogP contribution in [0.3, 0.4) is 0 Å². The van der Waals surface area contributed by atoms with Crippen LogP contribution in [0.1, 0.15) is 59.3 Å². The van der Waals surface area contributed by atoms with E-state index in [4.69, 9.17) is 0 Å². The van der Waals surface area contributed by atoms with Crippen LogP contribution >= 0.6 is 0 Å². The molecule has 136 valence electrons. The van der Waals surface area contributed by atoms with Crippen molar-refractivity contribution in [3.63, 3.8) is 0 Å². The zero-order valence-electron chi connectivity index (χ0n) is 15.5. The van der Waals surface area contributed by atoms with Crippen LogP contribution in [0.25, 0.3) is 0 Å². The predicted molar refractivity (Wildman–Crippen MR) is 93.2 cm³/mol. The minimum absolute atomic E-state index is 0.127. The van der Waals surface area contributed by atoms with Gasteiger partial charge in [0.25, 0.3) is 0 Å². The number of ketones is 1. The molecule has 4 aliphatic carbocycles. The average molecular weight is 343 g/mol. The van der Waals surface area contributed by atoms with Crippen molar-refractivity contribution in [2.24, 2.45) is 34.5 Å². The van der Waals surface area contributed by atoms with Crippen molar-refractivity contribution in [1.29, 1.82) is 5.26 Å². The van der Waals surface area contributed by atoms with Gasteiger partial charge in [0, 0.05) is 11.8 Å². The van der Waals surface area contributed by atoms with Gasteiger partial charge in [-0.15, -0.1) is 0 Å². The predicted octanol–water partition coefficient (Wildman–Crippen LogP) is 2.99. The number of aliphatic hydroxyl groups is 2. The van der Waals surface area contributed by atoms with Crippen molar-refractivity contribution in [2.45, 2.75) is 71.0 Å². The maximum absolute atomic E-state index is 12.0. The van der Waals surface area contributed by atoms with E-state index >= 15 is 0 Å². The second-order valence-electron chi connectivity index (χ2n) is 9.62. The van der Waals surface area contributed by atoms with Gasteiger partial charge in [0.1, 0.15) is 0 Å². The number of carbonyl (C=O) groups excluding carboxylic acids is 1. The highest BCUT2D eigenvalue weighted by molar-refractivity contribution is 5.91. The van der Waals surface area contributed by atoms with Crippen LogP contribution in [0.15, 0.2) is 11.6 Å². The summed E-state index contributed by atoms with van der Waals surface area (Å²) in [5.74, 6) is 1.24. The third-order valence-corrected chi connectivity index (χ3v) is 8.55. The average Bonchev–Trinajstić information content (AvgIpc) is 2.81. The lowest BCUT2D eigenvalue weighted by atomic mass is 9.44. The van der Waals surface area contributed by atoms with Crippen LogP contribution in [0, 0.1) is 45.8 Å². The van der Waals surface area contributed by atoms with E-state index in [1.165, 1.54) is 5.57 Å². The summed E-state index contributed by atoms with van der Waals surface area (Å²) < 4.78 is 0. The number of hydrogen-bond acceptors (Lipinski definition) is 4. The molecule has 25 heavy (non-hydrogen) atoms. The molecule has 0 spiro atoms. The molecule has 3 unspecified atom stereocenters. The number of hydrogen-bond donors (Lipinski definition) is 2. The van der Waals surface area contributed by atoms with E-state index in [2.05, 4.69) is 19.9 Å². The summed E-state index contributed by atoms with van der Waals surface area (Å²) in [5.41, 5.74) is -0.776. The summed E-state index contributed by atoms with van der Waals surface area (Å²) in [5, 5.41) is 31.7. The Hall–Kier alpha value is -1.18. The van der Waals surface area contributed by atoms with Crippen molar-refractivity contribution in [2.75, 3.05) is 0 Å². The fraction of sp³-hybridized carbons (Fsp3) is 0.810. The molecule has 0 bridgehead atoms. The lowest BCUT2D eigenvalue weighted by Gasteiger charge is -2.61. The summed E-state index contributed by atoms with van der Waals surface area (Å²) in [6.45, 7) is 6.44. The highest BCUT2D eigenvalue weighted by Gasteiger charge is 2.67. The fourth-order valence-electron chi connectivity index (χ4n) is 7.31. The second-order valence-corrected chi connectivity index (χ2v) is 9.62. The molecule has 0 aromatic carbocycles. The smallest absolute Gasteiger partial charge is 0.156 e. The molecule has 0 amide bonds. The molecule has 0 aromatic rings. The Morgan fingerprint density at radius 3 is 2.72 bits per heavy atom. The molecule has 3 saturated carbocycles. The maximum Gasteiger partial charge on any atom is 0.156 e. The number of aliphatic hydroxyl groups excluding tert-OH is 1. The molecule has 4 rings (SSSR count). The van der Waals surface area contributed by atoms with Crippen molar-refractivity contribution >= 4 is 5.78 Å². The van der Waals surface area contributed by atoms with Crippen LogP contribution in [-0.4, -0.2) is 27.7 Å². The first-order chi connectivity index (χ1) is 11.7. The molecule has 4 heteroatoms. The molecule has 0 aliphatic heterocycles. The summed E-state index contributed by atoms with van der Waals surface area (Å²) in [7, 11) is 0. The summed E-state index contributed by atoms with van der Waals surface area (Å²) in [6, 6.07) is 2.17. The number of carbonyl (C=O) groups is 1. The molecular weight excluding hydrogens is 314 g/mol. The number of nitriles is 1. The second kappa shape index (κ2) is 5.18. The Bertz CT molecular complexity index is 694. The monoisotopic (exact) mass is 343 g/mol. The highest BCUT2D eigenvalue weighted by atomic mass is 16.3. The van der Waals surface area contributed by atoms with Crippen LogP contribution < -0.4 is 0 Å². The van der Waals surface area contributed by atoms with Gasteiger partial charge in [0.2, 0.25) is 0 Å². The van der Waals surface area contributed by atoms with Gasteiger partial charge in [-0.05, 0) is 67.3 Å². The lowest BCUT2D eigenvalue weighted by Crippen LogP contribution is -2.60. The van der Waals surface area contributed by atoms with Gasteiger partial charge in [0.15, 0.2) is 11.4 Å². The van der Waals surface area contributed by atoms with Crippen LogP contribution in [0.4, 0.5) is 0 Å². The zero-order valence-corrected chi connectivity index (χ0v) is 15.5. The molecule has 4 aliphatic rings. The number of allylic oxidation sites excluding steroid dienone is 1. The Morgan fingerprint density at radius 1 is 1.32 bits per heavy atom. The Balaban J connectivity index is 1.79. The number of rotatable bonds is 0. The van der Waals surface area contributed by atoms with Gasteiger partial charge >= 0.3 is 0 Å². The van der Waals surface area contributed by atoms with E-state index in [1.54, 1.807) is 0 Å². The first-order valence-electron chi connectivity index (χ1n) is 9.73. The van der Waals surface area contributed by atoms with Crippen molar-refractivity contribution in [3.8, 4) is 6.07 Å². The van der Waals surface area contributed by atoms with Crippen molar-refractivity contribution < 1.29 is 15.0 Å². The number of nitrogens with zero attached hydrogens (tertiary/aromatic N) is 1. The van der Waals surface area contributed by atoms with Gasteiger partial charge in [-0.3, -0.25) is 4.79 Å². The van der Waals surface area contributed by atoms with E-state index in [9.17, 15) is 20.3 Å². The molecule has 3 fully saturated rings. The van der Waals surface area contributed by atoms with E-state index in [0.29, 0.717) is 31.1 Å². The van der Waals surface area contributed by atoms with Crippen LogP contribution in [0.2, 0.25) is 0 Å². The maximum atomic E-state index is 12.0. The summed E-state index contributed by atoms with van der Waals surface area (Å²) >= 11 is 0. The minimum atomic E-state index is -1.33. The van der Waals surface area contributed by atoms with Crippen molar-refractivity contribution in [3.05, 3.63) is 11.6 Å². The van der Waals surface area contributed by atoms with Gasteiger partial charge in [-0.2, -0.15) is 5.26 Å². The minimum Gasteiger partial charge on any atom is -0.393 e. The highest BCUT2D eigenvalue weighted by Crippen LogP contribution is 2.68. The topological polar surface area (TPSA) is 81.3 Å². The van der Waals surface area contributed by atoms with Gasteiger partial charge < -0.3 is 10.2 Å². The lowest BCUT2D eigenvalue weighted by molar-refractivity contribution is -0.160. The van der Waals surface area contributed by atoms with Crippen LogP contribution in [-0.2, 0) is 4.79 Å². The quantitative estimate of drug-likeness (QED) is 0.663. The standard InChI is InChI=1S/C21H29NO3/c1-12-8-14-15-5-7-21(25,11-22)20(15,3)10-17(24)18(14)19(2)6-4-13(23)9-16(12)19/h9,12,14-15,17-18,24-25H,4-8,10H2,1-3H3/t12?,14-,15-,17?,18-,19-,20-,21?/m0/s1. The third-order valence-electron chi connectivity index (χ3n) is 8.55. The molecular formula is C21H29NO3. The van der Waals surface area contributed by atoms with E-state index < -0.39 is 17.1 Å². The van der Waals surface area contributed by atoms with Gasteiger partial charge in [-0.1, -0.05) is 26.3 Å². The molecule has 2 N–H and O–H groups in total. The molecule has 8 atom stereocenters. The fourth-order valence-corrected chi connectivity index (χ4v) is 7.31. The first kappa shape index (κ1) is 17.2. The van der Waals surface area contributed by atoms with E-state index in [-0.39, 0.29) is 23.0 Å². The third kappa shape index (κ3) is 2.03. The Kier molecular flexibility index (Phi) is 3.57. The molecule has 0 saturated heterocycles. The van der Waals surface area contributed by atoms with Gasteiger partial charge in [-0.25, -0.2) is 0 Å². The molecule has 0 radical (unpaired) electrons. The summed E-state index contributed by atoms with van der Waals surface area (Å²) in [4.78, 5) is 12.0. The largest absolute Gasteiger partial charge is 0.393 e. The Labute approximate surface area is 149 Å². The zero-order chi connectivity index (χ0) is 18.2. The number of fused-ring (bicyclic) bond motifs is 5. The van der Waals surface area contributed by atoms with E-state index in [1.807, 2.05) is 13.0 Å². The van der Waals surface area contributed by atoms with E-state index in [0.717, 1.165) is 19.3 Å². The van der Waals surface area contributed by atoms with Gasteiger partial charge in [0.05, 0.1) is 12.2 Å². The molecule has 0 heterocycles. The molecule has 4 nitrogen and oxygen atoms in total. The SMILES string of the molecule is CC1C[C@@H]2[C@@H](C(O)C[C@@]3(C)[C@H]2CCC3(O)C#N)[C@@]2(C)CCC(=O)C=C12. The normalized spacial score (nSPS) is 54.8. The van der Waals surface area contributed by atoms with Crippen molar-refractivity contribution in [1.82, 2.24) is 0 Å². The summed E-state index contributed by atoms with van der Waals surface area (Å²) in [6.07, 6.45) is 5.48. The molecule has 0 aromatic heterocycles. The van der Waals surface area contributed by atoms with Crippen LogP contribution in [0.5, 0.6) is 0 Å². The Morgan fingerprint density at radius 2 is 2.04 bits per heavy atom. The first-order valence-corrected chi connectivity index (χ1v) is 9.73.